The van der Waals surface area contributed by atoms with Gasteiger partial charge in [0.25, 0.3) is 11.6 Å². The highest BCUT2D eigenvalue weighted by Gasteiger charge is 2.36. The molecule has 1 saturated heterocycles. The van der Waals surface area contributed by atoms with Crippen LogP contribution in [-0.4, -0.2) is 55.5 Å². The molecule has 1 unspecified atom stereocenters. The summed E-state index contributed by atoms with van der Waals surface area (Å²) in [5, 5.41) is 11.0. The van der Waals surface area contributed by atoms with Crippen LogP contribution >= 0.6 is 0 Å². The summed E-state index contributed by atoms with van der Waals surface area (Å²) in [7, 11) is 4.71. The van der Waals surface area contributed by atoms with Crippen molar-refractivity contribution in [3.63, 3.8) is 0 Å². The largest absolute Gasteiger partial charge is 0.493 e. The van der Waals surface area contributed by atoms with Crippen LogP contribution in [0.4, 0.5) is 11.4 Å². The predicted molar refractivity (Wildman–Crippen MR) is 115 cm³/mol. The smallest absolute Gasteiger partial charge is 0.272 e. The number of likely N-dealkylation sites (N-methyl/N-ethyl adjacent to an activating group) is 1. The number of aryl methyl sites for hydroxylation is 1. The van der Waals surface area contributed by atoms with Gasteiger partial charge in [-0.15, -0.1) is 0 Å². The number of benzene rings is 2. The van der Waals surface area contributed by atoms with Crippen molar-refractivity contribution in [2.45, 2.75) is 25.8 Å². The second-order valence-corrected chi connectivity index (χ2v) is 7.35. The molecule has 2 amide bonds. The first-order valence-corrected chi connectivity index (χ1v) is 9.84. The standard InChI is InChI=1S/C22H25N3O6/c1-14-12-15(7-9-17(14)25(28)29)21(26)24-11-5-6-18(24)22(27)23(2)16-8-10-19(30-3)20(13-16)31-4/h7-10,12-13,18H,5-6,11H2,1-4H3. The fourth-order valence-corrected chi connectivity index (χ4v) is 3.81. The molecule has 0 spiro atoms. The minimum atomic E-state index is -0.610. The first-order chi connectivity index (χ1) is 14.8. The zero-order chi connectivity index (χ0) is 22.7. The molecule has 2 aromatic rings. The van der Waals surface area contributed by atoms with E-state index in [2.05, 4.69) is 0 Å². The second kappa shape index (κ2) is 9.03. The highest BCUT2D eigenvalue weighted by molar-refractivity contribution is 6.02. The van der Waals surface area contributed by atoms with Crippen LogP contribution in [-0.2, 0) is 4.79 Å². The molecule has 0 radical (unpaired) electrons. The van der Waals surface area contributed by atoms with Gasteiger partial charge in [0.05, 0.1) is 19.1 Å². The number of hydrogen-bond acceptors (Lipinski definition) is 6. The lowest BCUT2D eigenvalue weighted by atomic mass is 10.1. The van der Waals surface area contributed by atoms with Gasteiger partial charge < -0.3 is 19.3 Å². The molecule has 0 saturated carbocycles. The Morgan fingerprint density at radius 1 is 1.13 bits per heavy atom. The Bertz CT molecular complexity index is 1020. The first-order valence-electron chi connectivity index (χ1n) is 9.84. The summed E-state index contributed by atoms with van der Waals surface area (Å²) in [6.07, 6.45) is 1.25. The average Bonchev–Trinajstić information content (AvgIpc) is 3.26. The highest BCUT2D eigenvalue weighted by atomic mass is 16.6. The van der Waals surface area contributed by atoms with Gasteiger partial charge in [-0.2, -0.15) is 0 Å². The molecule has 9 nitrogen and oxygen atoms in total. The Balaban J connectivity index is 1.82. The molecule has 0 N–H and O–H groups in total. The van der Waals surface area contributed by atoms with E-state index in [1.165, 1.54) is 37.3 Å². The number of methoxy groups -OCH3 is 2. The maximum Gasteiger partial charge on any atom is 0.272 e. The van der Waals surface area contributed by atoms with Crippen LogP contribution in [0.25, 0.3) is 0 Å². The van der Waals surface area contributed by atoms with Crippen molar-refractivity contribution in [1.29, 1.82) is 0 Å². The third-order valence-corrected chi connectivity index (χ3v) is 5.52. The van der Waals surface area contributed by atoms with Gasteiger partial charge in [0.2, 0.25) is 5.91 Å². The maximum absolute atomic E-state index is 13.2. The number of nitro benzene ring substituents is 1. The Kier molecular flexibility index (Phi) is 6.43. The van der Waals surface area contributed by atoms with Crippen molar-refractivity contribution in [2.24, 2.45) is 0 Å². The zero-order valence-electron chi connectivity index (χ0n) is 18.0. The summed E-state index contributed by atoms with van der Waals surface area (Å²) >= 11 is 0. The summed E-state index contributed by atoms with van der Waals surface area (Å²) in [6.45, 7) is 2.04. The lowest BCUT2D eigenvalue weighted by Crippen LogP contribution is -2.46. The van der Waals surface area contributed by atoms with E-state index in [4.69, 9.17) is 9.47 Å². The molecule has 1 fully saturated rings. The Labute approximate surface area is 180 Å². The van der Waals surface area contributed by atoms with Crippen LogP contribution < -0.4 is 14.4 Å². The van der Waals surface area contributed by atoms with Crippen LogP contribution in [0.2, 0.25) is 0 Å². The molecule has 0 aliphatic carbocycles. The van der Waals surface area contributed by atoms with E-state index in [0.29, 0.717) is 47.7 Å². The van der Waals surface area contributed by atoms with Gasteiger partial charge >= 0.3 is 0 Å². The maximum atomic E-state index is 13.2. The van der Waals surface area contributed by atoms with E-state index >= 15 is 0 Å². The van der Waals surface area contributed by atoms with Crippen molar-refractivity contribution in [1.82, 2.24) is 4.90 Å². The summed E-state index contributed by atoms with van der Waals surface area (Å²) in [5.41, 5.74) is 1.31. The van der Waals surface area contributed by atoms with Crippen molar-refractivity contribution in [3.8, 4) is 11.5 Å². The predicted octanol–water partition coefficient (Wildman–Crippen LogP) is 3.19. The van der Waals surface area contributed by atoms with Crippen LogP contribution in [0, 0.1) is 17.0 Å². The fourth-order valence-electron chi connectivity index (χ4n) is 3.81. The lowest BCUT2D eigenvalue weighted by Gasteiger charge is -2.28. The number of ether oxygens (including phenoxy) is 2. The SMILES string of the molecule is COc1ccc(N(C)C(=O)C2CCCN2C(=O)c2ccc([N+](=O)[O-])c(C)c2)cc1OC. The van der Waals surface area contributed by atoms with Crippen LogP contribution in [0.3, 0.4) is 0 Å². The monoisotopic (exact) mass is 427 g/mol. The molecule has 1 aliphatic heterocycles. The van der Waals surface area contributed by atoms with E-state index in [1.54, 1.807) is 37.1 Å². The number of anilines is 1. The Morgan fingerprint density at radius 2 is 1.84 bits per heavy atom. The molecule has 3 rings (SSSR count). The third kappa shape index (κ3) is 4.30. The van der Waals surface area contributed by atoms with Gasteiger partial charge in [-0.1, -0.05) is 0 Å². The Hall–Kier alpha value is -3.62. The number of likely N-dealkylation sites (tertiary alicyclic amines) is 1. The molecule has 2 aromatic carbocycles. The van der Waals surface area contributed by atoms with E-state index in [0.717, 1.165) is 0 Å². The Morgan fingerprint density at radius 3 is 2.45 bits per heavy atom. The molecule has 1 atom stereocenters. The minimum absolute atomic E-state index is 0.0428. The van der Waals surface area contributed by atoms with Crippen molar-refractivity contribution in [3.05, 3.63) is 57.6 Å². The number of carbonyl (C=O) groups is 2. The number of hydrogen-bond donors (Lipinski definition) is 0. The van der Waals surface area contributed by atoms with Crippen LogP contribution in [0.1, 0.15) is 28.8 Å². The van der Waals surface area contributed by atoms with E-state index in [1.807, 2.05) is 0 Å². The van der Waals surface area contributed by atoms with E-state index < -0.39 is 11.0 Å². The summed E-state index contributed by atoms with van der Waals surface area (Å²) in [6, 6.07) is 8.82. The molecule has 164 valence electrons. The van der Waals surface area contributed by atoms with Gasteiger partial charge in [-0.25, -0.2) is 0 Å². The molecule has 1 aliphatic rings. The third-order valence-electron chi connectivity index (χ3n) is 5.52. The summed E-state index contributed by atoms with van der Waals surface area (Å²) in [4.78, 5) is 39.9. The van der Waals surface area contributed by atoms with Crippen molar-refractivity contribution in [2.75, 3.05) is 32.7 Å². The van der Waals surface area contributed by atoms with Gasteiger partial charge in [-0.3, -0.25) is 19.7 Å². The minimum Gasteiger partial charge on any atom is -0.493 e. The van der Waals surface area contributed by atoms with Gasteiger partial charge in [0.1, 0.15) is 6.04 Å². The highest BCUT2D eigenvalue weighted by Crippen LogP contribution is 2.32. The second-order valence-electron chi connectivity index (χ2n) is 7.35. The fraction of sp³-hybridized carbons (Fsp3) is 0.364. The van der Waals surface area contributed by atoms with Crippen molar-refractivity contribution >= 4 is 23.2 Å². The summed E-state index contributed by atoms with van der Waals surface area (Å²) < 4.78 is 10.5. The molecular weight excluding hydrogens is 402 g/mol. The van der Waals surface area contributed by atoms with Crippen molar-refractivity contribution < 1.29 is 24.0 Å². The van der Waals surface area contributed by atoms with Gasteiger partial charge in [0, 0.05) is 42.5 Å². The average molecular weight is 427 g/mol. The zero-order valence-corrected chi connectivity index (χ0v) is 18.0. The molecule has 0 bridgehead atoms. The number of nitrogens with zero attached hydrogens (tertiary/aromatic N) is 3. The van der Waals surface area contributed by atoms with Crippen LogP contribution in [0.15, 0.2) is 36.4 Å². The summed E-state index contributed by atoms with van der Waals surface area (Å²) in [5.74, 6) is 0.532. The molecular formula is C22H25N3O6. The molecule has 1 heterocycles. The normalized spacial score (nSPS) is 15.5. The molecule has 0 aromatic heterocycles. The van der Waals surface area contributed by atoms with Gasteiger partial charge in [-0.05, 0) is 44.0 Å². The number of nitro groups is 1. The number of rotatable bonds is 6. The number of amides is 2. The lowest BCUT2D eigenvalue weighted by molar-refractivity contribution is -0.385. The van der Waals surface area contributed by atoms with Crippen LogP contribution in [0.5, 0.6) is 11.5 Å². The number of carbonyl (C=O) groups excluding carboxylic acids is 2. The molecule has 9 heteroatoms. The first kappa shape index (κ1) is 22.1. The molecule has 31 heavy (non-hydrogen) atoms. The topological polar surface area (TPSA) is 102 Å². The van der Waals surface area contributed by atoms with E-state index in [9.17, 15) is 19.7 Å². The van der Waals surface area contributed by atoms with Gasteiger partial charge in [0.15, 0.2) is 11.5 Å². The van der Waals surface area contributed by atoms with E-state index in [-0.39, 0.29) is 17.5 Å². The quantitative estimate of drug-likeness (QED) is 0.518.